The van der Waals surface area contributed by atoms with Gasteiger partial charge in [-0.3, -0.25) is 9.78 Å². The summed E-state index contributed by atoms with van der Waals surface area (Å²) >= 11 is 0. The number of anilines is 1. The van der Waals surface area contributed by atoms with Crippen LogP contribution in [0.15, 0.2) is 24.4 Å². The minimum Gasteiger partial charge on any atom is -0.369 e. The Balaban J connectivity index is 1.76. The monoisotopic (exact) mass is 338 g/mol. The second kappa shape index (κ2) is 6.76. The summed E-state index contributed by atoms with van der Waals surface area (Å²) in [4.78, 5) is 27.8. The van der Waals surface area contributed by atoms with Gasteiger partial charge in [0.1, 0.15) is 11.5 Å². The third-order valence-corrected chi connectivity index (χ3v) is 4.93. The molecule has 2 aliphatic rings. The van der Waals surface area contributed by atoms with E-state index < -0.39 is 0 Å². The van der Waals surface area contributed by atoms with Gasteiger partial charge in [-0.1, -0.05) is 6.07 Å². The van der Waals surface area contributed by atoms with Gasteiger partial charge in [-0.2, -0.15) is 0 Å². The Labute approximate surface area is 146 Å². The standard InChI is InChI=1S/C18H22N6O/c19-16(25)12-4-3-9-24(11-12)18-13-6-8-20-10-15(13)22-17(23-18)14-5-1-2-7-21-14/h1-2,5,7,12,20H,3-4,6,8-11H2,(H2,19,25)/t12-/m1/s1. The maximum absolute atomic E-state index is 11.7. The highest BCUT2D eigenvalue weighted by Gasteiger charge is 2.28. The molecule has 4 heterocycles. The minimum atomic E-state index is -0.223. The Bertz CT molecular complexity index is 779. The average molecular weight is 338 g/mol. The van der Waals surface area contributed by atoms with Crippen LogP contribution in [-0.2, 0) is 17.8 Å². The first-order chi connectivity index (χ1) is 12.2. The molecule has 4 rings (SSSR count). The van der Waals surface area contributed by atoms with Crippen molar-refractivity contribution in [3.05, 3.63) is 35.7 Å². The van der Waals surface area contributed by atoms with E-state index >= 15 is 0 Å². The Morgan fingerprint density at radius 3 is 3.04 bits per heavy atom. The number of carbonyl (C=O) groups is 1. The molecule has 0 saturated carbocycles. The summed E-state index contributed by atoms with van der Waals surface area (Å²) in [5, 5.41) is 3.37. The molecule has 2 aromatic rings. The van der Waals surface area contributed by atoms with E-state index in [1.165, 1.54) is 5.56 Å². The molecular formula is C18H22N6O. The summed E-state index contributed by atoms with van der Waals surface area (Å²) < 4.78 is 0. The first kappa shape index (κ1) is 16.0. The van der Waals surface area contributed by atoms with Crippen LogP contribution in [0, 0.1) is 5.92 Å². The number of amides is 1. The molecule has 25 heavy (non-hydrogen) atoms. The number of rotatable bonds is 3. The molecule has 1 saturated heterocycles. The summed E-state index contributed by atoms with van der Waals surface area (Å²) in [6.07, 6.45) is 4.45. The van der Waals surface area contributed by atoms with E-state index in [0.717, 1.165) is 56.1 Å². The maximum atomic E-state index is 11.7. The van der Waals surface area contributed by atoms with E-state index in [2.05, 4.69) is 15.2 Å². The molecule has 0 spiro atoms. The van der Waals surface area contributed by atoms with Crippen molar-refractivity contribution in [2.24, 2.45) is 11.7 Å². The lowest BCUT2D eigenvalue weighted by atomic mass is 9.96. The van der Waals surface area contributed by atoms with Crippen LogP contribution in [0.3, 0.4) is 0 Å². The zero-order valence-electron chi connectivity index (χ0n) is 14.1. The summed E-state index contributed by atoms with van der Waals surface area (Å²) in [6, 6.07) is 5.74. The molecule has 3 N–H and O–H groups in total. The second-order valence-corrected chi connectivity index (χ2v) is 6.63. The Morgan fingerprint density at radius 1 is 1.32 bits per heavy atom. The number of hydrogen-bond donors (Lipinski definition) is 2. The predicted molar refractivity (Wildman–Crippen MR) is 94.8 cm³/mol. The number of hydrogen-bond acceptors (Lipinski definition) is 6. The Hall–Kier alpha value is -2.54. The summed E-state index contributed by atoms with van der Waals surface area (Å²) in [6.45, 7) is 3.17. The molecule has 0 bridgehead atoms. The Morgan fingerprint density at radius 2 is 2.24 bits per heavy atom. The van der Waals surface area contributed by atoms with Gasteiger partial charge in [0.05, 0.1) is 11.6 Å². The summed E-state index contributed by atoms with van der Waals surface area (Å²) in [5.41, 5.74) is 8.52. The lowest BCUT2D eigenvalue weighted by Gasteiger charge is -2.34. The number of fused-ring (bicyclic) bond motifs is 1. The van der Waals surface area contributed by atoms with E-state index in [0.29, 0.717) is 12.4 Å². The largest absolute Gasteiger partial charge is 0.369 e. The van der Waals surface area contributed by atoms with E-state index in [9.17, 15) is 4.79 Å². The fourth-order valence-electron chi connectivity index (χ4n) is 3.61. The van der Waals surface area contributed by atoms with Crippen molar-refractivity contribution in [1.82, 2.24) is 20.3 Å². The molecule has 7 nitrogen and oxygen atoms in total. The molecule has 0 aliphatic carbocycles. The molecule has 1 amide bonds. The fourth-order valence-corrected chi connectivity index (χ4v) is 3.61. The zero-order chi connectivity index (χ0) is 17.2. The van der Waals surface area contributed by atoms with Crippen molar-refractivity contribution >= 4 is 11.7 Å². The van der Waals surface area contributed by atoms with E-state index in [1.807, 2.05) is 18.2 Å². The third-order valence-electron chi connectivity index (χ3n) is 4.93. The fraction of sp³-hybridized carbons (Fsp3) is 0.444. The van der Waals surface area contributed by atoms with Crippen LogP contribution in [0.5, 0.6) is 0 Å². The van der Waals surface area contributed by atoms with Crippen molar-refractivity contribution in [2.45, 2.75) is 25.8 Å². The van der Waals surface area contributed by atoms with Gasteiger partial charge in [-0.05, 0) is 37.9 Å². The highest BCUT2D eigenvalue weighted by Crippen LogP contribution is 2.30. The number of nitrogens with two attached hydrogens (primary N) is 1. The molecule has 130 valence electrons. The molecule has 7 heteroatoms. The maximum Gasteiger partial charge on any atom is 0.222 e. The Kier molecular flexibility index (Phi) is 4.31. The van der Waals surface area contributed by atoms with Gasteiger partial charge in [0.25, 0.3) is 0 Å². The molecule has 1 fully saturated rings. The highest BCUT2D eigenvalue weighted by atomic mass is 16.1. The predicted octanol–water partition coefficient (Wildman–Crippen LogP) is 0.886. The van der Waals surface area contributed by atoms with Gasteiger partial charge in [0.2, 0.25) is 5.91 Å². The van der Waals surface area contributed by atoms with E-state index in [4.69, 9.17) is 15.7 Å². The van der Waals surface area contributed by atoms with E-state index in [1.54, 1.807) is 6.20 Å². The molecule has 0 aromatic carbocycles. The molecule has 0 unspecified atom stereocenters. The first-order valence-electron chi connectivity index (χ1n) is 8.78. The quantitative estimate of drug-likeness (QED) is 0.862. The lowest BCUT2D eigenvalue weighted by Crippen LogP contribution is -2.42. The minimum absolute atomic E-state index is 0.112. The number of nitrogens with one attached hydrogen (secondary N) is 1. The van der Waals surface area contributed by atoms with Gasteiger partial charge >= 0.3 is 0 Å². The van der Waals surface area contributed by atoms with Gasteiger partial charge in [-0.15, -0.1) is 0 Å². The van der Waals surface area contributed by atoms with Crippen molar-refractivity contribution in [2.75, 3.05) is 24.5 Å². The smallest absolute Gasteiger partial charge is 0.222 e. The molecule has 2 aliphatic heterocycles. The number of nitrogens with zero attached hydrogens (tertiary/aromatic N) is 4. The molecular weight excluding hydrogens is 316 g/mol. The number of aromatic nitrogens is 3. The first-order valence-corrected chi connectivity index (χ1v) is 8.78. The number of primary amides is 1. The van der Waals surface area contributed by atoms with Crippen LogP contribution in [0.25, 0.3) is 11.5 Å². The normalized spacial score (nSPS) is 20.2. The topological polar surface area (TPSA) is 97.0 Å². The van der Waals surface area contributed by atoms with Gasteiger partial charge in [0.15, 0.2) is 5.82 Å². The van der Waals surface area contributed by atoms with Crippen molar-refractivity contribution in [1.29, 1.82) is 0 Å². The van der Waals surface area contributed by atoms with Crippen LogP contribution < -0.4 is 16.0 Å². The highest BCUT2D eigenvalue weighted by molar-refractivity contribution is 5.77. The third kappa shape index (κ3) is 3.19. The van der Waals surface area contributed by atoms with Gasteiger partial charge < -0.3 is 16.0 Å². The van der Waals surface area contributed by atoms with Gasteiger partial charge in [0, 0.05) is 31.4 Å². The molecule has 1 atom stereocenters. The number of piperidine rings is 1. The molecule has 0 radical (unpaired) electrons. The summed E-state index contributed by atoms with van der Waals surface area (Å²) in [7, 11) is 0. The second-order valence-electron chi connectivity index (χ2n) is 6.63. The van der Waals surface area contributed by atoms with Crippen molar-refractivity contribution < 1.29 is 4.79 Å². The van der Waals surface area contributed by atoms with Crippen LogP contribution in [0.2, 0.25) is 0 Å². The SMILES string of the molecule is NC(=O)[C@@H]1CCCN(c2nc(-c3ccccn3)nc3c2CCNC3)C1. The number of pyridine rings is 1. The zero-order valence-corrected chi connectivity index (χ0v) is 14.1. The van der Waals surface area contributed by atoms with Crippen LogP contribution >= 0.6 is 0 Å². The molecule has 2 aromatic heterocycles. The van der Waals surface area contributed by atoms with Gasteiger partial charge in [-0.25, -0.2) is 9.97 Å². The average Bonchev–Trinajstić information content (AvgIpc) is 2.68. The van der Waals surface area contributed by atoms with E-state index in [-0.39, 0.29) is 11.8 Å². The van der Waals surface area contributed by atoms with Crippen LogP contribution in [-0.4, -0.2) is 40.5 Å². The van der Waals surface area contributed by atoms with Crippen LogP contribution in [0.1, 0.15) is 24.1 Å². The van der Waals surface area contributed by atoms with Crippen molar-refractivity contribution in [3.63, 3.8) is 0 Å². The summed E-state index contributed by atoms with van der Waals surface area (Å²) in [5.74, 6) is 1.25. The van der Waals surface area contributed by atoms with Crippen LogP contribution in [0.4, 0.5) is 5.82 Å². The number of carbonyl (C=O) groups excluding carboxylic acids is 1. The lowest BCUT2D eigenvalue weighted by molar-refractivity contribution is -0.122. The van der Waals surface area contributed by atoms with Crippen molar-refractivity contribution in [3.8, 4) is 11.5 Å².